The molecule has 0 saturated heterocycles. The van der Waals surface area contributed by atoms with Crippen molar-refractivity contribution in [2.75, 3.05) is 17.6 Å². The number of amides is 1. The van der Waals surface area contributed by atoms with Crippen molar-refractivity contribution in [2.45, 2.75) is 31.8 Å². The van der Waals surface area contributed by atoms with Crippen molar-refractivity contribution in [1.29, 1.82) is 0 Å². The Hall–Kier alpha value is -1.30. The van der Waals surface area contributed by atoms with Gasteiger partial charge >= 0.3 is 0 Å². The predicted molar refractivity (Wildman–Crippen MR) is 70.2 cm³/mol. The summed E-state index contributed by atoms with van der Waals surface area (Å²) in [6, 6.07) is 2.26. The molecule has 0 aliphatic heterocycles. The Morgan fingerprint density at radius 3 is 2.88 bits per heavy atom. The molecule has 1 rings (SSSR count). The van der Waals surface area contributed by atoms with Crippen molar-refractivity contribution in [2.24, 2.45) is 0 Å². The van der Waals surface area contributed by atoms with Crippen LogP contribution in [-0.4, -0.2) is 34.2 Å². The Morgan fingerprint density at radius 1 is 1.47 bits per heavy atom. The second-order valence-corrected chi connectivity index (χ2v) is 4.99. The standard InChI is InChI=1S/C11H18N4OS/c1-8(2)15-10-6-11(14-7-13-10)17-5-4-12-9(3)16/h6-8H,4-5H2,1-3H3,(H,12,16)(H,13,14,15). The number of rotatable bonds is 6. The first-order chi connectivity index (χ1) is 8.08. The molecule has 1 aromatic rings. The van der Waals surface area contributed by atoms with Gasteiger partial charge in [0.1, 0.15) is 17.2 Å². The highest BCUT2D eigenvalue weighted by atomic mass is 32.2. The average Bonchev–Trinajstić information content (AvgIpc) is 2.24. The molecule has 0 bridgehead atoms. The Kier molecular flexibility index (Phi) is 5.76. The van der Waals surface area contributed by atoms with E-state index in [0.717, 1.165) is 16.6 Å². The lowest BCUT2D eigenvalue weighted by Gasteiger charge is -2.09. The van der Waals surface area contributed by atoms with Crippen LogP contribution < -0.4 is 10.6 Å². The van der Waals surface area contributed by atoms with Gasteiger partial charge < -0.3 is 10.6 Å². The fourth-order valence-corrected chi connectivity index (χ4v) is 1.91. The van der Waals surface area contributed by atoms with E-state index in [4.69, 9.17) is 0 Å². The van der Waals surface area contributed by atoms with Crippen molar-refractivity contribution in [3.05, 3.63) is 12.4 Å². The number of carbonyl (C=O) groups excluding carboxylic acids is 1. The van der Waals surface area contributed by atoms with Crippen molar-refractivity contribution in [1.82, 2.24) is 15.3 Å². The van der Waals surface area contributed by atoms with Gasteiger partial charge in [-0.3, -0.25) is 4.79 Å². The van der Waals surface area contributed by atoms with Crippen LogP contribution >= 0.6 is 11.8 Å². The lowest BCUT2D eigenvalue weighted by atomic mass is 10.4. The Balaban J connectivity index is 2.40. The molecular weight excluding hydrogens is 236 g/mol. The molecule has 17 heavy (non-hydrogen) atoms. The van der Waals surface area contributed by atoms with E-state index in [1.807, 2.05) is 6.07 Å². The summed E-state index contributed by atoms with van der Waals surface area (Å²) in [7, 11) is 0. The minimum atomic E-state index is -0.00421. The van der Waals surface area contributed by atoms with Crippen LogP contribution in [-0.2, 0) is 4.79 Å². The first-order valence-electron chi connectivity index (χ1n) is 5.53. The van der Waals surface area contributed by atoms with Crippen LogP contribution in [0.15, 0.2) is 17.4 Å². The van der Waals surface area contributed by atoms with Gasteiger partial charge in [-0.15, -0.1) is 11.8 Å². The van der Waals surface area contributed by atoms with Gasteiger partial charge in [-0.2, -0.15) is 0 Å². The molecule has 0 saturated carbocycles. The Labute approximate surface area is 106 Å². The molecule has 0 aliphatic carbocycles. The van der Waals surface area contributed by atoms with Crippen LogP contribution in [0.25, 0.3) is 0 Å². The number of hydrogen-bond donors (Lipinski definition) is 2. The predicted octanol–water partition coefficient (Wildman–Crippen LogP) is 1.53. The quantitative estimate of drug-likeness (QED) is 0.458. The topological polar surface area (TPSA) is 66.9 Å². The third-order valence-corrected chi connectivity index (χ3v) is 2.73. The average molecular weight is 254 g/mol. The van der Waals surface area contributed by atoms with E-state index in [9.17, 15) is 4.79 Å². The number of nitrogens with zero attached hydrogens (tertiary/aromatic N) is 2. The number of hydrogen-bond acceptors (Lipinski definition) is 5. The second-order valence-electron chi connectivity index (χ2n) is 3.87. The van der Waals surface area contributed by atoms with Gasteiger partial charge in [-0.05, 0) is 13.8 Å². The lowest BCUT2D eigenvalue weighted by molar-refractivity contribution is -0.118. The van der Waals surface area contributed by atoms with Crippen LogP contribution in [0.4, 0.5) is 5.82 Å². The molecule has 0 aromatic carbocycles. The smallest absolute Gasteiger partial charge is 0.216 e. The number of aromatic nitrogens is 2. The van der Waals surface area contributed by atoms with Crippen LogP contribution in [0.3, 0.4) is 0 Å². The van der Waals surface area contributed by atoms with Gasteiger partial charge in [0, 0.05) is 31.3 Å². The highest BCUT2D eigenvalue weighted by Gasteiger charge is 2.01. The van der Waals surface area contributed by atoms with Crippen LogP contribution in [0, 0.1) is 0 Å². The number of thioether (sulfide) groups is 1. The first-order valence-corrected chi connectivity index (χ1v) is 6.52. The monoisotopic (exact) mass is 254 g/mol. The first kappa shape index (κ1) is 13.8. The molecule has 1 heterocycles. The maximum atomic E-state index is 10.7. The summed E-state index contributed by atoms with van der Waals surface area (Å²) in [5.74, 6) is 1.63. The van der Waals surface area contributed by atoms with Crippen LogP contribution in [0.5, 0.6) is 0 Å². The third-order valence-electron chi connectivity index (χ3n) is 1.80. The SMILES string of the molecule is CC(=O)NCCSc1cc(NC(C)C)ncn1. The summed E-state index contributed by atoms with van der Waals surface area (Å²) in [6.07, 6.45) is 1.55. The molecule has 5 nitrogen and oxygen atoms in total. The Bertz CT molecular complexity index is 370. The molecule has 0 aliphatic rings. The van der Waals surface area contributed by atoms with E-state index < -0.39 is 0 Å². The van der Waals surface area contributed by atoms with Gasteiger partial charge in [-0.1, -0.05) is 0 Å². The second kappa shape index (κ2) is 7.11. The van der Waals surface area contributed by atoms with Crippen molar-refractivity contribution in [3.8, 4) is 0 Å². The van der Waals surface area contributed by atoms with Crippen molar-refractivity contribution >= 4 is 23.5 Å². The van der Waals surface area contributed by atoms with Gasteiger partial charge in [-0.25, -0.2) is 9.97 Å². The third kappa shape index (κ3) is 6.11. The molecule has 0 unspecified atom stereocenters. The number of anilines is 1. The van der Waals surface area contributed by atoms with E-state index in [2.05, 4.69) is 34.4 Å². The summed E-state index contributed by atoms with van der Waals surface area (Å²) in [6.45, 7) is 6.29. The van der Waals surface area contributed by atoms with E-state index in [-0.39, 0.29) is 5.91 Å². The summed E-state index contributed by atoms with van der Waals surface area (Å²) in [5.41, 5.74) is 0. The highest BCUT2D eigenvalue weighted by molar-refractivity contribution is 7.99. The molecule has 94 valence electrons. The fourth-order valence-electron chi connectivity index (χ4n) is 1.18. The molecule has 1 amide bonds. The van der Waals surface area contributed by atoms with E-state index >= 15 is 0 Å². The highest BCUT2D eigenvalue weighted by Crippen LogP contribution is 2.16. The van der Waals surface area contributed by atoms with Gasteiger partial charge in [0.05, 0.1) is 0 Å². The zero-order valence-electron chi connectivity index (χ0n) is 10.4. The minimum absolute atomic E-state index is 0.00421. The molecule has 0 spiro atoms. The zero-order chi connectivity index (χ0) is 12.7. The Morgan fingerprint density at radius 2 is 2.24 bits per heavy atom. The lowest BCUT2D eigenvalue weighted by Crippen LogP contribution is -2.22. The van der Waals surface area contributed by atoms with Crippen molar-refractivity contribution in [3.63, 3.8) is 0 Å². The molecule has 6 heteroatoms. The summed E-state index contributed by atoms with van der Waals surface area (Å²) in [5, 5.41) is 6.87. The van der Waals surface area contributed by atoms with Crippen LogP contribution in [0.2, 0.25) is 0 Å². The summed E-state index contributed by atoms with van der Waals surface area (Å²) < 4.78 is 0. The molecule has 0 radical (unpaired) electrons. The van der Waals surface area contributed by atoms with E-state index in [1.54, 1.807) is 18.1 Å². The van der Waals surface area contributed by atoms with Gasteiger partial charge in [0.25, 0.3) is 0 Å². The normalized spacial score (nSPS) is 10.4. The molecule has 1 aromatic heterocycles. The maximum absolute atomic E-state index is 10.7. The largest absolute Gasteiger partial charge is 0.368 e. The van der Waals surface area contributed by atoms with Gasteiger partial charge in [0.15, 0.2) is 0 Å². The minimum Gasteiger partial charge on any atom is -0.368 e. The van der Waals surface area contributed by atoms with Crippen molar-refractivity contribution < 1.29 is 4.79 Å². The van der Waals surface area contributed by atoms with Crippen LogP contribution in [0.1, 0.15) is 20.8 Å². The molecule has 2 N–H and O–H groups in total. The number of nitrogens with one attached hydrogen (secondary N) is 2. The molecule has 0 atom stereocenters. The fraction of sp³-hybridized carbons (Fsp3) is 0.545. The van der Waals surface area contributed by atoms with E-state index in [1.165, 1.54) is 6.92 Å². The summed E-state index contributed by atoms with van der Waals surface area (Å²) in [4.78, 5) is 19.0. The molecular formula is C11H18N4OS. The summed E-state index contributed by atoms with van der Waals surface area (Å²) >= 11 is 1.60. The van der Waals surface area contributed by atoms with E-state index in [0.29, 0.717) is 12.6 Å². The van der Waals surface area contributed by atoms with Gasteiger partial charge in [0.2, 0.25) is 5.91 Å². The maximum Gasteiger partial charge on any atom is 0.216 e. The zero-order valence-corrected chi connectivity index (χ0v) is 11.2. The molecule has 0 fully saturated rings. The number of carbonyl (C=O) groups is 1.